The normalized spacial score (nSPS) is 10.7. The van der Waals surface area contributed by atoms with Gasteiger partial charge in [0, 0.05) is 17.6 Å². The Hall–Kier alpha value is -2.69. The summed E-state index contributed by atoms with van der Waals surface area (Å²) >= 11 is 0. The standard InChI is InChI=1S/C15H13FN4/c1-10-6-15(14-4-2-3-5-18-14)19-20(10)13-8-11(16)7-12(17)9-13/h2-9H,17H2,1H3. The molecule has 0 amide bonds. The van der Waals surface area contributed by atoms with E-state index in [0.29, 0.717) is 11.4 Å². The van der Waals surface area contributed by atoms with Crippen molar-refractivity contribution in [3.05, 3.63) is 60.2 Å². The van der Waals surface area contributed by atoms with Crippen molar-refractivity contribution < 1.29 is 4.39 Å². The Bertz CT molecular complexity index is 730. The zero-order valence-electron chi connectivity index (χ0n) is 10.9. The van der Waals surface area contributed by atoms with Crippen molar-refractivity contribution in [3.8, 4) is 17.1 Å². The molecule has 0 aliphatic carbocycles. The summed E-state index contributed by atoms with van der Waals surface area (Å²) in [7, 11) is 0. The first-order valence-corrected chi connectivity index (χ1v) is 6.18. The van der Waals surface area contributed by atoms with Crippen molar-refractivity contribution in [2.75, 3.05) is 5.73 Å². The minimum Gasteiger partial charge on any atom is -0.399 e. The van der Waals surface area contributed by atoms with Gasteiger partial charge in [-0.1, -0.05) is 6.07 Å². The molecule has 0 saturated carbocycles. The van der Waals surface area contributed by atoms with E-state index in [1.54, 1.807) is 16.9 Å². The zero-order chi connectivity index (χ0) is 14.1. The first kappa shape index (κ1) is 12.3. The van der Waals surface area contributed by atoms with Crippen LogP contribution in [0.2, 0.25) is 0 Å². The largest absolute Gasteiger partial charge is 0.399 e. The molecule has 20 heavy (non-hydrogen) atoms. The summed E-state index contributed by atoms with van der Waals surface area (Å²) in [6.07, 6.45) is 1.71. The minimum absolute atomic E-state index is 0.370. The summed E-state index contributed by atoms with van der Waals surface area (Å²) in [6, 6.07) is 11.9. The van der Waals surface area contributed by atoms with E-state index in [0.717, 1.165) is 17.1 Å². The van der Waals surface area contributed by atoms with Crippen molar-refractivity contribution >= 4 is 5.69 Å². The topological polar surface area (TPSA) is 56.7 Å². The van der Waals surface area contributed by atoms with E-state index in [1.807, 2.05) is 31.2 Å². The van der Waals surface area contributed by atoms with Crippen LogP contribution in [0.3, 0.4) is 0 Å². The predicted molar refractivity (Wildman–Crippen MR) is 75.9 cm³/mol. The number of nitrogens with two attached hydrogens (primary N) is 1. The molecule has 0 unspecified atom stereocenters. The van der Waals surface area contributed by atoms with Crippen molar-refractivity contribution in [2.24, 2.45) is 0 Å². The number of nitrogens with zero attached hydrogens (tertiary/aromatic N) is 3. The van der Waals surface area contributed by atoms with Crippen LogP contribution in [0.4, 0.5) is 10.1 Å². The van der Waals surface area contributed by atoms with Crippen molar-refractivity contribution in [2.45, 2.75) is 6.92 Å². The molecule has 2 N–H and O–H groups in total. The van der Waals surface area contributed by atoms with Crippen molar-refractivity contribution in [1.29, 1.82) is 0 Å². The van der Waals surface area contributed by atoms with Crippen molar-refractivity contribution in [1.82, 2.24) is 14.8 Å². The molecule has 0 aliphatic rings. The highest BCUT2D eigenvalue weighted by Crippen LogP contribution is 2.21. The molecule has 3 rings (SSSR count). The molecule has 0 bridgehead atoms. The van der Waals surface area contributed by atoms with Crippen LogP contribution in [0.25, 0.3) is 17.1 Å². The minimum atomic E-state index is -0.380. The summed E-state index contributed by atoms with van der Waals surface area (Å²) < 4.78 is 15.1. The number of pyridine rings is 1. The highest BCUT2D eigenvalue weighted by Gasteiger charge is 2.10. The number of hydrogen-bond acceptors (Lipinski definition) is 3. The third-order valence-electron chi connectivity index (χ3n) is 2.96. The molecule has 2 aromatic heterocycles. The van der Waals surface area contributed by atoms with E-state index in [4.69, 9.17) is 5.73 Å². The summed E-state index contributed by atoms with van der Waals surface area (Å²) in [4.78, 5) is 4.26. The molecule has 1 aromatic carbocycles. The third kappa shape index (κ3) is 2.25. The van der Waals surface area contributed by atoms with Gasteiger partial charge in [-0.15, -0.1) is 0 Å². The zero-order valence-corrected chi connectivity index (χ0v) is 10.9. The SMILES string of the molecule is Cc1cc(-c2ccccn2)nn1-c1cc(N)cc(F)c1. The maximum atomic E-state index is 13.4. The molecule has 0 saturated heterocycles. The molecule has 5 heteroatoms. The van der Waals surface area contributed by atoms with Gasteiger partial charge in [-0.3, -0.25) is 4.98 Å². The van der Waals surface area contributed by atoms with Crippen LogP contribution >= 0.6 is 0 Å². The molecular formula is C15H13FN4. The van der Waals surface area contributed by atoms with Crippen LogP contribution in [0.5, 0.6) is 0 Å². The summed E-state index contributed by atoms with van der Waals surface area (Å²) in [5, 5.41) is 4.46. The van der Waals surface area contributed by atoms with E-state index < -0.39 is 0 Å². The Balaban J connectivity index is 2.09. The Morgan fingerprint density at radius 3 is 2.65 bits per heavy atom. The molecule has 100 valence electrons. The second-order valence-electron chi connectivity index (χ2n) is 4.54. The van der Waals surface area contributed by atoms with E-state index >= 15 is 0 Å². The van der Waals surface area contributed by atoms with Gasteiger partial charge in [-0.05, 0) is 43.3 Å². The van der Waals surface area contributed by atoms with Crippen molar-refractivity contribution in [3.63, 3.8) is 0 Å². The molecule has 0 radical (unpaired) electrons. The van der Waals surface area contributed by atoms with Gasteiger partial charge in [-0.25, -0.2) is 9.07 Å². The molecule has 2 heterocycles. The van der Waals surface area contributed by atoms with Gasteiger partial charge in [0.15, 0.2) is 0 Å². The van der Waals surface area contributed by atoms with Gasteiger partial charge in [0.2, 0.25) is 0 Å². The summed E-state index contributed by atoms with van der Waals surface area (Å²) in [6.45, 7) is 1.90. The molecular weight excluding hydrogens is 255 g/mol. The number of nitrogen functional groups attached to an aromatic ring is 1. The van der Waals surface area contributed by atoms with E-state index in [9.17, 15) is 4.39 Å². The van der Waals surface area contributed by atoms with E-state index in [-0.39, 0.29) is 5.82 Å². The van der Waals surface area contributed by atoms with Crippen LogP contribution in [-0.4, -0.2) is 14.8 Å². The van der Waals surface area contributed by atoms with Gasteiger partial charge >= 0.3 is 0 Å². The average Bonchev–Trinajstić information content (AvgIpc) is 2.81. The highest BCUT2D eigenvalue weighted by atomic mass is 19.1. The number of hydrogen-bond donors (Lipinski definition) is 1. The number of aryl methyl sites for hydroxylation is 1. The Kier molecular flexibility index (Phi) is 2.95. The average molecular weight is 268 g/mol. The predicted octanol–water partition coefficient (Wildman–Crippen LogP) is 2.96. The number of anilines is 1. The first-order valence-electron chi connectivity index (χ1n) is 6.18. The molecule has 0 spiro atoms. The smallest absolute Gasteiger partial charge is 0.127 e. The molecule has 3 aromatic rings. The lowest BCUT2D eigenvalue weighted by Gasteiger charge is -2.05. The monoisotopic (exact) mass is 268 g/mol. The highest BCUT2D eigenvalue weighted by molar-refractivity contribution is 5.56. The van der Waals surface area contributed by atoms with Crippen LogP contribution in [-0.2, 0) is 0 Å². The van der Waals surface area contributed by atoms with Gasteiger partial charge in [-0.2, -0.15) is 5.10 Å². The molecule has 0 fully saturated rings. The molecule has 0 atom stereocenters. The lowest BCUT2D eigenvalue weighted by atomic mass is 10.2. The summed E-state index contributed by atoms with van der Waals surface area (Å²) in [5.41, 5.74) is 9.04. The van der Waals surface area contributed by atoms with E-state index in [2.05, 4.69) is 10.1 Å². The fourth-order valence-corrected chi connectivity index (χ4v) is 2.09. The lowest BCUT2D eigenvalue weighted by molar-refractivity contribution is 0.626. The molecule has 0 aliphatic heterocycles. The molecule has 4 nitrogen and oxygen atoms in total. The quantitative estimate of drug-likeness (QED) is 0.727. The number of rotatable bonds is 2. The fraction of sp³-hybridized carbons (Fsp3) is 0.0667. The maximum absolute atomic E-state index is 13.4. The number of benzene rings is 1. The van der Waals surface area contributed by atoms with Gasteiger partial charge in [0.05, 0.1) is 11.4 Å². The lowest BCUT2D eigenvalue weighted by Crippen LogP contribution is -2.01. The van der Waals surface area contributed by atoms with Crippen LogP contribution in [0.15, 0.2) is 48.7 Å². The van der Waals surface area contributed by atoms with Crippen LogP contribution in [0.1, 0.15) is 5.69 Å². The second-order valence-corrected chi connectivity index (χ2v) is 4.54. The van der Waals surface area contributed by atoms with Crippen LogP contribution < -0.4 is 5.73 Å². The number of aromatic nitrogens is 3. The van der Waals surface area contributed by atoms with Gasteiger partial charge in [0.1, 0.15) is 11.5 Å². The van der Waals surface area contributed by atoms with Gasteiger partial charge in [0.25, 0.3) is 0 Å². The van der Waals surface area contributed by atoms with E-state index in [1.165, 1.54) is 12.1 Å². The maximum Gasteiger partial charge on any atom is 0.127 e. The second kappa shape index (κ2) is 4.77. The fourth-order valence-electron chi connectivity index (χ4n) is 2.09. The first-order chi connectivity index (χ1) is 9.63. The third-order valence-corrected chi connectivity index (χ3v) is 2.96. The van der Waals surface area contributed by atoms with Gasteiger partial charge < -0.3 is 5.73 Å². The Morgan fingerprint density at radius 2 is 1.95 bits per heavy atom. The Labute approximate surface area is 115 Å². The summed E-state index contributed by atoms with van der Waals surface area (Å²) in [5.74, 6) is -0.380. The number of halogens is 1. The Morgan fingerprint density at radius 1 is 1.10 bits per heavy atom. The van der Waals surface area contributed by atoms with Crippen LogP contribution in [0, 0.1) is 12.7 Å².